The average Bonchev–Trinajstić information content (AvgIpc) is 3.17. The topological polar surface area (TPSA) is 79.7 Å². The van der Waals surface area contributed by atoms with E-state index in [0.717, 1.165) is 16.1 Å². The van der Waals surface area contributed by atoms with Crippen LogP contribution < -0.4 is 0 Å². The molecule has 0 radical (unpaired) electrons. The van der Waals surface area contributed by atoms with E-state index in [4.69, 9.17) is 4.74 Å². The van der Waals surface area contributed by atoms with Crippen LogP contribution in [-0.2, 0) is 20.7 Å². The number of thiazole rings is 1. The summed E-state index contributed by atoms with van der Waals surface area (Å²) >= 11 is 1.38. The number of piperidine rings is 1. The van der Waals surface area contributed by atoms with Crippen LogP contribution in [0.5, 0.6) is 0 Å². The van der Waals surface area contributed by atoms with E-state index < -0.39 is 11.5 Å². The van der Waals surface area contributed by atoms with Crippen molar-refractivity contribution in [2.75, 3.05) is 13.7 Å². The van der Waals surface area contributed by atoms with E-state index >= 15 is 0 Å². The zero-order valence-electron chi connectivity index (χ0n) is 21.2. The number of aryl methyl sites for hydroxylation is 1. The number of ether oxygens (including phenoxy) is 1. The summed E-state index contributed by atoms with van der Waals surface area (Å²) in [4.78, 5) is 33.6. The second-order valence-corrected chi connectivity index (χ2v) is 10.6. The molecule has 2 aromatic rings. The van der Waals surface area contributed by atoms with Crippen molar-refractivity contribution in [3.8, 4) is 0 Å². The van der Waals surface area contributed by atoms with Crippen molar-refractivity contribution in [1.82, 2.24) is 9.88 Å². The Kier molecular flexibility index (Phi) is 7.57. The Morgan fingerprint density at radius 2 is 2.08 bits per heavy atom. The molecule has 1 fully saturated rings. The first-order valence-electron chi connectivity index (χ1n) is 12.0. The third-order valence-electron chi connectivity index (χ3n) is 6.63. The van der Waals surface area contributed by atoms with Gasteiger partial charge in [0.2, 0.25) is 5.78 Å². The molecule has 6 nitrogen and oxygen atoms in total. The third kappa shape index (κ3) is 4.80. The van der Waals surface area contributed by atoms with Gasteiger partial charge in [-0.1, -0.05) is 24.3 Å². The molecule has 1 amide bonds. The molecule has 1 aliphatic heterocycles. The largest absolute Gasteiger partial charge is 0.504 e. The molecule has 1 aromatic heterocycles. The predicted octanol–water partition coefficient (Wildman–Crippen LogP) is 5.26. The van der Waals surface area contributed by atoms with Crippen LogP contribution in [0.25, 0.3) is 11.6 Å². The first kappa shape index (κ1) is 26.0. The van der Waals surface area contributed by atoms with E-state index in [9.17, 15) is 19.1 Å². The molecule has 2 atom stereocenters. The molecule has 2 heterocycles. The number of carbonyl (C=O) groups is 2. The second-order valence-electron chi connectivity index (χ2n) is 9.47. The van der Waals surface area contributed by atoms with Gasteiger partial charge in [0.1, 0.15) is 5.82 Å². The first-order chi connectivity index (χ1) is 17.2. The lowest BCUT2D eigenvalue weighted by molar-refractivity contribution is -0.137. The lowest BCUT2D eigenvalue weighted by Gasteiger charge is -2.43. The van der Waals surface area contributed by atoms with Crippen molar-refractivity contribution in [2.45, 2.75) is 52.6 Å². The van der Waals surface area contributed by atoms with Gasteiger partial charge < -0.3 is 14.7 Å². The fourth-order valence-corrected chi connectivity index (χ4v) is 6.23. The Morgan fingerprint density at radius 1 is 1.33 bits per heavy atom. The summed E-state index contributed by atoms with van der Waals surface area (Å²) in [6.45, 7) is 7.91. The van der Waals surface area contributed by atoms with Crippen LogP contribution in [0.4, 0.5) is 4.39 Å². The Bertz CT molecular complexity index is 1290. The summed E-state index contributed by atoms with van der Waals surface area (Å²) in [6, 6.07) is 4.42. The van der Waals surface area contributed by atoms with Gasteiger partial charge in [0.25, 0.3) is 5.91 Å². The molecule has 1 N–H and O–H groups in total. The molecule has 0 bridgehead atoms. The summed E-state index contributed by atoms with van der Waals surface area (Å²) in [5.41, 5.74) is 2.93. The van der Waals surface area contributed by atoms with Crippen molar-refractivity contribution < 1.29 is 23.8 Å². The van der Waals surface area contributed by atoms with Crippen LogP contribution in [0.1, 0.15) is 53.9 Å². The van der Waals surface area contributed by atoms with Crippen LogP contribution in [0, 0.1) is 18.7 Å². The van der Waals surface area contributed by atoms with Gasteiger partial charge in [-0.05, 0) is 57.4 Å². The number of nitrogens with zero attached hydrogens (tertiary/aromatic N) is 2. The van der Waals surface area contributed by atoms with E-state index in [1.807, 2.05) is 45.9 Å². The van der Waals surface area contributed by atoms with Gasteiger partial charge in [0, 0.05) is 31.1 Å². The van der Waals surface area contributed by atoms with Crippen LogP contribution >= 0.6 is 11.3 Å². The molecular weight excluding hydrogens is 479 g/mol. The summed E-state index contributed by atoms with van der Waals surface area (Å²) in [7, 11) is 1.60. The third-order valence-corrected chi connectivity index (χ3v) is 7.83. The summed E-state index contributed by atoms with van der Waals surface area (Å²) in [5, 5.41) is 11.7. The lowest BCUT2D eigenvalue weighted by atomic mass is 9.78. The molecule has 4 rings (SSSR count). The second kappa shape index (κ2) is 10.5. The number of ketones is 1. The monoisotopic (exact) mass is 510 g/mol. The molecule has 1 aromatic carbocycles. The number of aromatic nitrogens is 1. The maximum atomic E-state index is 13.8. The standard InChI is InChI=1S/C28H31FN2O4S/c1-6-7-17-10-20(29)9-8-18(17)13-23-30-16(4)27(36-23)22-12-19-11-21(14-35-5)31(15(2)3)28(34)24(19)26(33)25(22)32/h6-10,12,15,19,21,33H,11,13-14H2,1-5H3/b7-6+/t19?,21-/m0/s1. The number of hydrogen-bond acceptors (Lipinski definition) is 6. The molecule has 1 aliphatic carbocycles. The number of Topliss-reactive ketones (excluding diaryl/α,β-unsaturated/α-hetero) is 1. The molecule has 1 unspecified atom stereocenters. The van der Waals surface area contributed by atoms with Gasteiger partial charge >= 0.3 is 0 Å². The maximum Gasteiger partial charge on any atom is 0.254 e. The number of likely N-dealkylation sites (tertiary alicyclic amines) is 1. The highest BCUT2D eigenvalue weighted by Gasteiger charge is 2.44. The van der Waals surface area contributed by atoms with Crippen molar-refractivity contribution in [1.29, 1.82) is 0 Å². The number of carbonyl (C=O) groups excluding carboxylic acids is 2. The number of hydrogen-bond donors (Lipinski definition) is 1. The van der Waals surface area contributed by atoms with Gasteiger partial charge in [0.05, 0.1) is 33.8 Å². The summed E-state index contributed by atoms with van der Waals surface area (Å²) < 4.78 is 19.1. The molecule has 0 spiro atoms. The summed E-state index contributed by atoms with van der Waals surface area (Å²) in [5.74, 6) is -2.04. The number of halogens is 1. The minimum absolute atomic E-state index is 0.0930. The van der Waals surface area contributed by atoms with E-state index in [2.05, 4.69) is 4.98 Å². The fraction of sp³-hybridized carbons (Fsp3) is 0.393. The van der Waals surface area contributed by atoms with Crippen molar-refractivity contribution in [3.05, 3.63) is 74.2 Å². The smallest absolute Gasteiger partial charge is 0.254 e. The number of amides is 1. The van der Waals surface area contributed by atoms with Gasteiger partial charge in [-0.25, -0.2) is 9.37 Å². The number of aliphatic hydroxyl groups is 1. The number of fused-ring (bicyclic) bond motifs is 1. The van der Waals surface area contributed by atoms with Gasteiger partial charge in [-0.3, -0.25) is 9.59 Å². The minimum Gasteiger partial charge on any atom is -0.504 e. The number of allylic oxidation sites excluding steroid dienone is 3. The zero-order valence-corrected chi connectivity index (χ0v) is 22.0. The maximum absolute atomic E-state index is 13.8. The lowest BCUT2D eigenvalue weighted by Crippen LogP contribution is -2.53. The number of aliphatic hydroxyl groups excluding tert-OH is 1. The van der Waals surface area contributed by atoms with E-state index in [1.54, 1.807) is 18.1 Å². The van der Waals surface area contributed by atoms with Crippen LogP contribution in [0.15, 0.2) is 41.7 Å². The fourth-order valence-electron chi connectivity index (χ4n) is 5.12. The molecule has 8 heteroatoms. The molecule has 190 valence electrons. The van der Waals surface area contributed by atoms with Crippen molar-refractivity contribution >= 4 is 34.7 Å². The molecule has 1 saturated heterocycles. The molecule has 0 saturated carbocycles. The predicted molar refractivity (Wildman–Crippen MR) is 139 cm³/mol. The Balaban J connectivity index is 1.68. The Morgan fingerprint density at radius 3 is 2.75 bits per heavy atom. The normalized spacial score (nSPS) is 20.5. The van der Waals surface area contributed by atoms with E-state index in [1.165, 1.54) is 23.5 Å². The highest BCUT2D eigenvalue weighted by molar-refractivity contribution is 7.13. The van der Waals surface area contributed by atoms with Crippen molar-refractivity contribution in [3.63, 3.8) is 0 Å². The van der Waals surface area contributed by atoms with Crippen LogP contribution in [-0.4, -0.2) is 52.5 Å². The SMILES string of the molecule is C/C=C/c1cc(F)ccc1Cc1nc(C)c(C2=CC3C[C@@H](COC)N(C(C)C)C(=O)C3=C(O)C2=O)s1. The highest BCUT2D eigenvalue weighted by atomic mass is 32.1. The first-order valence-corrected chi connectivity index (χ1v) is 12.9. The van der Waals surface area contributed by atoms with E-state index in [0.29, 0.717) is 35.6 Å². The molecule has 2 aliphatic rings. The molecule has 36 heavy (non-hydrogen) atoms. The highest BCUT2D eigenvalue weighted by Crippen LogP contribution is 2.41. The van der Waals surface area contributed by atoms with E-state index in [-0.39, 0.29) is 35.3 Å². The minimum atomic E-state index is -0.557. The summed E-state index contributed by atoms with van der Waals surface area (Å²) in [6.07, 6.45) is 6.57. The van der Waals surface area contributed by atoms with Gasteiger partial charge in [-0.2, -0.15) is 0 Å². The quantitative estimate of drug-likeness (QED) is 0.549. The Hall–Kier alpha value is -3.10. The Labute approximate surface area is 214 Å². The molecular formula is C28H31FN2O4S. The zero-order chi connectivity index (χ0) is 26.1. The van der Waals surface area contributed by atoms with Crippen LogP contribution in [0.2, 0.25) is 0 Å². The van der Waals surface area contributed by atoms with Crippen molar-refractivity contribution in [2.24, 2.45) is 5.92 Å². The van der Waals surface area contributed by atoms with Crippen LogP contribution in [0.3, 0.4) is 0 Å². The average molecular weight is 511 g/mol. The van der Waals surface area contributed by atoms with Gasteiger partial charge in [-0.15, -0.1) is 11.3 Å². The number of benzene rings is 1. The number of rotatable bonds is 7. The van der Waals surface area contributed by atoms with Gasteiger partial charge in [0.15, 0.2) is 5.76 Å². The number of methoxy groups -OCH3 is 1.